The van der Waals surface area contributed by atoms with Crippen molar-refractivity contribution in [1.29, 1.82) is 0 Å². The van der Waals surface area contributed by atoms with Crippen molar-refractivity contribution < 1.29 is 14.1 Å². The Labute approximate surface area is 175 Å². The van der Waals surface area contributed by atoms with Gasteiger partial charge in [0, 0.05) is 12.1 Å². The lowest BCUT2D eigenvalue weighted by Gasteiger charge is -2.11. The molecular weight excluding hydrogens is 403 g/mol. The van der Waals surface area contributed by atoms with E-state index in [9.17, 15) is 19.3 Å². The van der Waals surface area contributed by atoms with Gasteiger partial charge < -0.3 is 11.1 Å². The highest BCUT2D eigenvalue weighted by atomic mass is 19.1. The van der Waals surface area contributed by atoms with Gasteiger partial charge >= 0.3 is 5.69 Å². The highest BCUT2D eigenvalue weighted by Gasteiger charge is 2.26. The van der Waals surface area contributed by atoms with Crippen LogP contribution in [0.25, 0.3) is 27.9 Å². The standard InChI is InChI=1S/C21H19FN6O3/c1-3-11(2)24-21(29)17-18-20(26-15-7-5-4-6-14(15)25-18)27(19(17)23)12-8-9-13(22)16(10-12)28(30)31/h4-11H,3,23H2,1-2H3,(H,24,29)/t11-/m1/s1. The van der Waals surface area contributed by atoms with Gasteiger partial charge in [0.05, 0.1) is 21.6 Å². The van der Waals surface area contributed by atoms with Crippen molar-refractivity contribution in [2.24, 2.45) is 0 Å². The number of nitrogens with two attached hydrogens (primary N) is 1. The zero-order chi connectivity index (χ0) is 22.3. The van der Waals surface area contributed by atoms with E-state index in [-0.39, 0.29) is 34.3 Å². The second-order valence-corrected chi connectivity index (χ2v) is 7.16. The molecule has 4 rings (SSSR count). The van der Waals surface area contributed by atoms with Crippen LogP contribution in [0.3, 0.4) is 0 Å². The van der Waals surface area contributed by atoms with E-state index in [0.29, 0.717) is 17.5 Å². The summed E-state index contributed by atoms with van der Waals surface area (Å²) in [6, 6.07) is 10.4. The molecule has 0 spiro atoms. The third kappa shape index (κ3) is 3.41. The number of hydrogen-bond acceptors (Lipinski definition) is 6. The number of nitro groups is 1. The van der Waals surface area contributed by atoms with Crippen molar-refractivity contribution >= 4 is 39.6 Å². The number of carbonyl (C=O) groups excluding carboxylic acids is 1. The minimum Gasteiger partial charge on any atom is -0.384 e. The van der Waals surface area contributed by atoms with E-state index in [1.54, 1.807) is 24.3 Å². The topological polar surface area (TPSA) is 129 Å². The molecule has 2 aromatic heterocycles. The van der Waals surface area contributed by atoms with Crippen molar-refractivity contribution in [1.82, 2.24) is 19.9 Å². The molecule has 158 valence electrons. The number of aromatic nitrogens is 3. The number of rotatable bonds is 5. The van der Waals surface area contributed by atoms with Crippen molar-refractivity contribution in [2.45, 2.75) is 26.3 Å². The van der Waals surface area contributed by atoms with Crippen LogP contribution in [0.1, 0.15) is 30.6 Å². The molecule has 0 saturated carbocycles. The fourth-order valence-electron chi connectivity index (χ4n) is 3.32. The van der Waals surface area contributed by atoms with E-state index in [0.717, 1.165) is 12.1 Å². The molecule has 4 aromatic rings. The quantitative estimate of drug-likeness (QED) is 0.372. The number of nitrogen functional groups attached to an aromatic ring is 1. The summed E-state index contributed by atoms with van der Waals surface area (Å²) in [6.07, 6.45) is 0.711. The number of anilines is 1. The van der Waals surface area contributed by atoms with Crippen LogP contribution < -0.4 is 11.1 Å². The summed E-state index contributed by atoms with van der Waals surface area (Å²) in [5.41, 5.74) is 7.57. The number of amides is 1. The van der Waals surface area contributed by atoms with Gasteiger partial charge in [0.15, 0.2) is 5.65 Å². The van der Waals surface area contributed by atoms with E-state index in [2.05, 4.69) is 15.3 Å². The molecule has 9 nitrogen and oxygen atoms in total. The fourth-order valence-corrected chi connectivity index (χ4v) is 3.32. The van der Waals surface area contributed by atoms with Gasteiger partial charge in [-0.1, -0.05) is 19.1 Å². The number of nitrogens with zero attached hydrogens (tertiary/aromatic N) is 4. The molecule has 0 unspecified atom stereocenters. The molecule has 0 aliphatic carbocycles. The Balaban J connectivity index is 2.04. The molecule has 2 heterocycles. The van der Waals surface area contributed by atoms with Crippen molar-refractivity contribution in [3.05, 3.63) is 64.0 Å². The van der Waals surface area contributed by atoms with Crippen molar-refractivity contribution in [2.75, 3.05) is 5.73 Å². The summed E-state index contributed by atoms with van der Waals surface area (Å²) in [4.78, 5) is 32.6. The van der Waals surface area contributed by atoms with Crippen LogP contribution in [-0.4, -0.2) is 31.4 Å². The van der Waals surface area contributed by atoms with Crippen LogP contribution >= 0.6 is 0 Å². The SMILES string of the molecule is CC[C@@H](C)NC(=O)c1c(N)n(-c2ccc(F)c([N+](=O)[O-])c2)c2nc3ccccc3nc12. The maximum absolute atomic E-state index is 13.9. The Morgan fingerprint density at radius 2 is 1.94 bits per heavy atom. The Morgan fingerprint density at radius 3 is 2.58 bits per heavy atom. The van der Waals surface area contributed by atoms with Crippen LogP contribution in [-0.2, 0) is 0 Å². The van der Waals surface area contributed by atoms with Gasteiger partial charge in [-0.2, -0.15) is 4.39 Å². The van der Waals surface area contributed by atoms with Crippen LogP contribution in [0.2, 0.25) is 0 Å². The van der Waals surface area contributed by atoms with E-state index >= 15 is 0 Å². The smallest absolute Gasteiger partial charge is 0.306 e. The maximum Gasteiger partial charge on any atom is 0.306 e. The number of carbonyl (C=O) groups is 1. The van der Waals surface area contributed by atoms with Gasteiger partial charge in [0.2, 0.25) is 5.82 Å². The second-order valence-electron chi connectivity index (χ2n) is 7.16. The summed E-state index contributed by atoms with van der Waals surface area (Å²) in [5.74, 6) is -1.40. The average Bonchev–Trinajstić information content (AvgIpc) is 3.03. The number of para-hydroxylation sites is 2. The first-order valence-electron chi connectivity index (χ1n) is 9.63. The third-order valence-corrected chi connectivity index (χ3v) is 5.10. The molecule has 0 aliphatic heterocycles. The van der Waals surface area contributed by atoms with Gasteiger partial charge in [-0.05, 0) is 37.6 Å². The van der Waals surface area contributed by atoms with Crippen LogP contribution in [0.15, 0.2) is 42.5 Å². The van der Waals surface area contributed by atoms with Crippen LogP contribution in [0.4, 0.5) is 15.9 Å². The predicted molar refractivity (Wildman–Crippen MR) is 115 cm³/mol. The van der Waals surface area contributed by atoms with Gasteiger partial charge in [-0.15, -0.1) is 0 Å². The third-order valence-electron chi connectivity index (χ3n) is 5.10. The summed E-state index contributed by atoms with van der Waals surface area (Å²) >= 11 is 0. The van der Waals surface area contributed by atoms with Gasteiger partial charge in [-0.25, -0.2) is 9.97 Å². The summed E-state index contributed by atoms with van der Waals surface area (Å²) in [6.45, 7) is 3.79. The van der Waals surface area contributed by atoms with Gasteiger partial charge in [0.25, 0.3) is 5.91 Å². The lowest BCUT2D eigenvalue weighted by atomic mass is 10.2. The van der Waals surface area contributed by atoms with Crippen LogP contribution in [0.5, 0.6) is 0 Å². The molecule has 10 heteroatoms. The van der Waals surface area contributed by atoms with E-state index in [1.807, 2.05) is 13.8 Å². The summed E-state index contributed by atoms with van der Waals surface area (Å²) in [7, 11) is 0. The first-order chi connectivity index (χ1) is 14.8. The summed E-state index contributed by atoms with van der Waals surface area (Å²) < 4.78 is 15.3. The molecule has 2 aromatic carbocycles. The maximum atomic E-state index is 13.9. The lowest BCUT2D eigenvalue weighted by Crippen LogP contribution is -2.32. The molecule has 3 N–H and O–H groups in total. The fraction of sp³-hybridized carbons (Fsp3) is 0.190. The van der Waals surface area contributed by atoms with Gasteiger partial charge in [0.1, 0.15) is 16.9 Å². The lowest BCUT2D eigenvalue weighted by molar-refractivity contribution is -0.387. The monoisotopic (exact) mass is 422 g/mol. The first kappa shape index (κ1) is 20.2. The molecule has 0 saturated heterocycles. The number of nitro benzene ring substituents is 1. The largest absolute Gasteiger partial charge is 0.384 e. The van der Waals surface area contributed by atoms with E-state index in [1.165, 1.54) is 10.6 Å². The van der Waals surface area contributed by atoms with Crippen molar-refractivity contribution in [3.8, 4) is 5.69 Å². The molecule has 0 fully saturated rings. The Kier molecular flexibility index (Phi) is 4.97. The predicted octanol–water partition coefficient (Wildman–Crippen LogP) is 3.73. The van der Waals surface area contributed by atoms with E-state index < -0.39 is 22.3 Å². The number of hydrogen-bond donors (Lipinski definition) is 2. The Morgan fingerprint density at radius 1 is 1.26 bits per heavy atom. The molecule has 1 amide bonds. The Bertz CT molecular complexity index is 1350. The zero-order valence-corrected chi connectivity index (χ0v) is 16.8. The molecule has 0 aliphatic rings. The molecule has 0 bridgehead atoms. The first-order valence-corrected chi connectivity index (χ1v) is 9.63. The highest BCUT2D eigenvalue weighted by Crippen LogP contribution is 2.32. The second kappa shape index (κ2) is 7.63. The molecule has 0 radical (unpaired) electrons. The highest BCUT2D eigenvalue weighted by molar-refractivity contribution is 6.11. The Hall–Kier alpha value is -4.08. The minimum atomic E-state index is -0.977. The minimum absolute atomic E-state index is 0.00650. The summed E-state index contributed by atoms with van der Waals surface area (Å²) in [5, 5.41) is 14.1. The molecular formula is C21H19FN6O3. The van der Waals surface area contributed by atoms with Crippen molar-refractivity contribution in [3.63, 3.8) is 0 Å². The zero-order valence-electron chi connectivity index (χ0n) is 16.8. The molecule has 31 heavy (non-hydrogen) atoms. The van der Waals surface area contributed by atoms with Crippen LogP contribution in [0, 0.1) is 15.9 Å². The molecule has 1 atom stereocenters. The van der Waals surface area contributed by atoms with Gasteiger partial charge in [-0.3, -0.25) is 19.5 Å². The number of fused-ring (bicyclic) bond motifs is 2. The van der Waals surface area contributed by atoms with E-state index in [4.69, 9.17) is 5.73 Å². The number of benzene rings is 2. The normalized spacial score (nSPS) is 12.2. The number of nitrogens with one attached hydrogen (secondary N) is 1. The number of halogens is 1. The average molecular weight is 422 g/mol.